The predicted octanol–water partition coefficient (Wildman–Crippen LogP) is 2.25. The first-order chi connectivity index (χ1) is 14.6. The van der Waals surface area contributed by atoms with Crippen LogP contribution >= 0.6 is 0 Å². The van der Waals surface area contributed by atoms with E-state index in [-0.39, 0.29) is 11.6 Å². The Morgan fingerprint density at radius 1 is 1.07 bits per heavy atom. The third-order valence-electron chi connectivity index (χ3n) is 5.37. The van der Waals surface area contributed by atoms with Gasteiger partial charge in [0.1, 0.15) is 5.75 Å². The number of amides is 2. The van der Waals surface area contributed by atoms with Gasteiger partial charge in [0.05, 0.1) is 24.3 Å². The monoisotopic (exact) mass is 407 g/mol. The average molecular weight is 407 g/mol. The maximum Gasteiger partial charge on any atom is 0.321 e. The molecular formula is C22H25N5O3. The van der Waals surface area contributed by atoms with Gasteiger partial charge in [-0.05, 0) is 18.2 Å². The van der Waals surface area contributed by atoms with Crippen molar-refractivity contribution in [2.75, 3.05) is 45.2 Å². The molecule has 0 aliphatic carbocycles. The molecule has 1 aromatic carbocycles. The highest BCUT2D eigenvalue weighted by Gasteiger charge is 2.21. The van der Waals surface area contributed by atoms with E-state index in [4.69, 9.17) is 4.74 Å². The minimum absolute atomic E-state index is 0.0570. The number of carbonyl (C=O) groups excluding carboxylic acids is 1. The second-order valence-corrected chi connectivity index (χ2v) is 7.23. The van der Waals surface area contributed by atoms with Gasteiger partial charge in [-0.15, -0.1) is 0 Å². The van der Waals surface area contributed by atoms with Crippen molar-refractivity contribution in [2.24, 2.45) is 0 Å². The van der Waals surface area contributed by atoms with Crippen molar-refractivity contribution < 1.29 is 9.53 Å². The number of para-hydroxylation sites is 1. The molecule has 1 N–H and O–H groups in total. The molecule has 1 saturated heterocycles. The van der Waals surface area contributed by atoms with Gasteiger partial charge in [0.2, 0.25) is 0 Å². The van der Waals surface area contributed by atoms with Crippen LogP contribution in [0.3, 0.4) is 0 Å². The summed E-state index contributed by atoms with van der Waals surface area (Å²) < 4.78 is 6.99. The number of carbonyl (C=O) groups is 1. The topological polar surface area (TPSA) is 79.7 Å². The molecule has 0 radical (unpaired) electrons. The number of ether oxygens (including phenoxy) is 1. The van der Waals surface area contributed by atoms with Crippen LogP contribution in [0, 0.1) is 0 Å². The Hall–Kier alpha value is -3.39. The average Bonchev–Trinajstić information content (AvgIpc) is 2.79. The molecule has 8 nitrogen and oxygen atoms in total. The quantitative estimate of drug-likeness (QED) is 0.702. The molecule has 2 aromatic heterocycles. The van der Waals surface area contributed by atoms with Crippen molar-refractivity contribution in [3.8, 4) is 5.75 Å². The van der Waals surface area contributed by atoms with Gasteiger partial charge >= 0.3 is 6.03 Å². The molecule has 30 heavy (non-hydrogen) atoms. The number of rotatable bonds is 5. The van der Waals surface area contributed by atoms with Gasteiger partial charge in [-0.3, -0.25) is 14.7 Å². The Balaban J connectivity index is 1.35. The van der Waals surface area contributed by atoms with Gasteiger partial charge in [0, 0.05) is 57.1 Å². The summed E-state index contributed by atoms with van der Waals surface area (Å²) >= 11 is 0. The number of methoxy groups -OCH3 is 1. The number of urea groups is 1. The Morgan fingerprint density at radius 2 is 1.83 bits per heavy atom. The first-order valence-corrected chi connectivity index (χ1v) is 10.0. The molecule has 0 spiro atoms. The van der Waals surface area contributed by atoms with Crippen LogP contribution in [-0.2, 0) is 6.54 Å². The number of hydrogen-bond acceptors (Lipinski definition) is 5. The number of anilines is 1. The van der Waals surface area contributed by atoms with Crippen LogP contribution in [0.15, 0.2) is 59.5 Å². The van der Waals surface area contributed by atoms with E-state index >= 15 is 0 Å². The molecule has 3 heterocycles. The summed E-state index contributed by atoms with van der Waals surface area (Å²) in [6.45, 7) is 4.12. The van der Waals surface area contributed by atoms with Gasteiger partial charge in [-0.1, -0.05) is 18.2 Å². The van der Waals surface area contributed by atoms with Crippen LogP contribution in [0.1, 0.15) is 0 Å². The van der Waals surface area contributed by atoms with E-state index in [0.717, 1.165) is 36.4 Å². The zero-order chi connectivity index (χ0) is 20.9. The summed E-state index contributed by atoms with van der Waals surface area (Å²) in [5.41, 5.74) is 2.27. The van der Waals surface area contributed by atoms with Crippen molar-refractivity contribution in [1.29, 1.82) is 0 Å². The van der Waals surface area contributed by atoms with Crippen molar-refractivity contribution in [3.63, 3.8) is 0 Å². The second kappa shape index (κ2) is 8.96. The fourth-order valence-electron chi connectivity index (χ4n) is 3.63. The van der Waals surface area contributed by atoms with Gasteiger partial charge in [0.15, 0.2) is 0 Å². The van der Waals surface area contributed by atoms with E-state index in [0.29, 0.717) is 25.4 Å². The first-order valence-electron chi connectivity index (χ1n) is 10.0. The molecule has 0 bridgehead atoms. The summed E-state index contributed by atoms with van der Waals surface area (Å²) in [4.78, 5) is 33.3. The summed E-state index contributed by atoms with van der Waals surface area (Å²) in [5.74, 6) is 0.625. The molecule has 2 amide bonds. The molecule has 4 rings (SSSR count). The molecular weight excluding hydrogens is 382 g/mol. The number of aromatic nitrogens is 2. The van der Waals surface area contributed by atoms with Crippen LogP contribution in [0.2, 0.25) is 0 Å². The summed E-state index contributed by atoms with van der Waals surface area (Å²) in [7, 11) is 1.58. The van der Waals surface area contributed by atoms with Crippen molar-refractivity contribution in [3.05, 3.63) is 65.1 Å². The van der Waals surface area contributed by atoms with E-state index in [2.05, 4.69) is 15.2 Å². The van der Waals surface area contributed by atoms with Crippen LogP contribution in [-0.4, -0.2) is 65.2 Å². The van der Waals surface area contributed by atoms with E-state index in [1.807, 2.05) is 41.3 Å². The molecule has 1 fully saturated rings. The highest BCUT2D eigenvalue weighted by Crippen LogP contribution is 2.17. The normalized spacial score (nSPS) is 14.6. The van der Waals surface area contributed by atoms with E-state index < -0.39 is 0 Å². The first kappa shape index (κ1) is 19.9. The van der Waals surface area contributed by atoms with Gasteiger partial charge in [0.25, 0.3) is 5.56 Å². The van der Waals surface area contributed by atoms with Crippen LogP contribution < -0.4 is 15.6 Å². The van der Waals surface area contributed by atoms with Gasteiger partial charge in [-0.25, -0.2) is 4.79 Å². The molecule has 156 valence electrons. The standard InChI is InChI=1S/C22H25N5O3/c1-30-18-15-20-19(23-16-18)7-8-21(28)27(20)14-11-25-9-12-26(13-10-25)22(29)24-17-5-3-2-4-6-17/h2-8,15-16H,9-14H2,1H3,(H,24,29). The maximum absolute atomic E-state index is 12.4. The number of benzene rings is 1. The van der Waals surface area contributed by atoms with Gasteiger partial charge in [-0.2, -0.15) is 0 Å². The largest absolute Gasteiger partial charge is 0.495 e. The molecule has 8 heteroatoms. The Labute approximate surface area is 174 Å². The lowest BCUT2D eigenvalue weighted by atomic mass is 10.3. The zero-order valence-electron chi connectivity index (χ0n) is 17.0. The lowest BCUT2D eigenvalue weighted by Gasteiger charge is -2.34. The molecule has 1 aliphatic rings. The Bertz CT molecular complexity index is 1080. The fraction of sp³-hybridized carbons (Fsp3) is 0.318. The number of nitrogens with one attached hydrogen (secondary N) is 1. The minimum atomic E-state index is -0.0794. The number of fused-ring (bicyclic) bond motifs is 1. The maximum atomic E-state index is 12.4. The zero-order valence-corrected chi connectivity index (χ0v) is 17.0. The second-order valence-electron chi connectivity index (χ2n) is 7.23. The summed E-state index contributed by atoms with van der Waals surface area (Å²) in [6, 6.07) is 14.5. The Kier molecular flexibility index (Phi) is 5.94. The molecule has 0 atom stereocenters. The SMILES string of the molecule is COc1cnc2ccc(=O)n(CCN3CCN(C(=O)Nc4ccccc4)CC3)c2c1. The lowest BCUT2D eigenvalue weighted by Crippen LogP contribution is -2.50. The molecule has 0 unspecified atom stereocenters. The lowest BCUT2D eigenvalue weighted by molar-refractivity contribution is 0.144. The van der Waals surface area contributed by atoms with Crippen LogP contribution in [0.25, 0.3) is 11.0 Å². The molecule has 3 aromatic rings. The summed E-state index contributed by atoms with van der Waals surface area (Å²) in [5, 5.41) is 2.93. The van der Waals surface area contributed by atoms with E-state index in [1.54, 1.807) is 30.0 Å². The molecule has 1 aliphatic heterocycles. The highest BCUT2D eigenvalue weighted by atomic mass is 16.5. The number of pyridine rings is 2. The summed E-state index contributed by atoms with van der Waals surface area (Å²) in [6.07, 6.45) is 1.65. The smallest absolute Gasteiger partial charge is 0.321 e. The van der Waals surface area contributed by atoms with Crippen LogP contribution in [0.5, 0.6) is 5.75 Å². The number of hydrogen-bond donors (Lipinski definition) is 1. The van der Waals surface area contributed by atoms with E-state index in [9.17, 15) is 9.59 Å². The fourth-order valence-corrected chi connectivity index (χ4v) is 3.63. The predicted molar refractivity (Wildman–Crippen MR) is 116 cm³/mol. The van der Waals surface area contributed by atoms with Crippen molar-refractivity contribution in [2.45, 2.75) is 6.54 Å². The number of nitrogens with zero attached hydrogens (tertiary/aromatic N) is 4. The van der Waals surface area contributed by atoms with Gasteiger partial charge < -0.3 is 19.5 Å². The van der Waals surface area contributed by atoms with Crippen molar-refractivity contribution >= 4 is 22.8 Å². The number of piperazine rings is 1. The van der Waals surface area contributed by atoms with E-state index in [1.165, 1.54) is 0 Å². The third-order valence-corrected chi connectivity index (χ3v) is 5.37. The van der Waals surface area contributed by atoms with Crippen LogP contribution in [0.4, 0.5) is 10.5 Å². The van der Waals surface area contributed by atoms with Crippen molar-refractivity contribution in [1.82, 2.24) is 19.4 Å². The molecule has 0 saturated carbocycles. The Morgan fingerprint density at radius 3 is 2.57 bits per heavy atom. The third kappa shape index (κ3) is 4.44. The highest BCUT2D eigenvalue weighted by molar-refractivity contribution is 5.89. The minimum Gasteiger partial charge on any atom is -0.495 e.